The third kappa shape index (κ3) is 7.56. The molecule has 4 heteroatoms. The first-order chi connectivity index (χ1) is 8.12. The molecule has 0 aliphatic rings. The minimum Gasteiger partial charge on any atom is -0.300 e. The number of Topliss-reactive ketones (excluding diaryl/α,β-unsaturated/α-hetero) is 2. The molecule has 0 radical (unpaired) electrons. The van der Waals surface area contributed by atoms with Crippen LogP contribution in [-0.4, -0.2) is 22.8 Å². The van der Waals surface area contributed by atoms with Crippen molar-refractivity contribution < 1.29 is 19.4 Å². The molecule has 0 saturated heterocycles. The van der Waals surface area contributed by atoms with Crippen LogP contribution >= 0.6 is 0 Å². The van der Waals surface area contributed by atoms with E-state index in [4.69, 9.17) is 9.78 Å². The fourth-order valence-electron chi connectivity index (χ4n) is 1.48. The molecule has 0 amide bonds. The van der Waals surface area contributed by atoms with E-state index in [0.717, 1.165) is 0 Å². The van der Waals surface area contributed by atoms with Gasteiger partial charge in [0.15, 0.2) is 0 Å². The van der Waals surface area contributed by atoms with Crippen molar-refractivity contribution in [2.45, 2.75) is 78.4 Å². The van der Waals surface area contributed by atoms with Gasteiger partial charge in [-0.05, 0) is 27.7 Å². The fourth-order valence-corrected chi connectivity index (χ4v) is 1.48. The van der Waals surface area contributed by atoms with Crippen molar-refractivity contribution in [1.82, 2.24) is 0 Å². The van der Waals surface area contributed by atoms with Gasteiger partial charge in [-0.25, -0.2) is 9.78 Å². The van der Waals surface area contributed by atoms with Crippen LogP contribution < -0.4 is 0 Å². The Balaban J connectivity index is 4.28. The summed E-state index contributed by atoms with van der Waals surface area (Å²) in [6.07, 6.45) is 1.59. The third-order valence-electron chi connectivity index (χ3n) is 2.53. The Morgan fingerprint density at radius 1 is 0.778 bits per heavy atom. The molecule has 0 unspecified atom stereocenters. The van der Waals surface area contributed by atoms with E-state index < -0.39 is 11.2 Å². The second-order valence-electron chi connectivity index (χ2n) is 5.82. The van der Waals surface area contributed by atoms with E-state index >= 15 is 0 Å². The predicted octanol–water partition coefficient (Wildman–Crippen LogP) is 3.23. The van der Waals surface area contributed by atoms with E-state index in [-0.39, 0.29) is 11.6 Å². The predicted molar refractivity (Wildman–Crippen MR) is 70.2 cm³/mol. The van der Waals surface area contributed by atoms with E-state index in [1.54, 1.807) is 27.7 Å². The van der Waals surface area contributed by atoms with Crippen molar-refractivity contribution in [2.75, 3.05) is 0 Å². The first-order valence-electron chi connectivity index (χ1n) is 6.52. The maximum absolute atomic E-state index is 11.4. The summed E-state index contributed by atoms with van der Waals surface area (Å²) in [5.41, 5.74) is -1.33. The molecule has 0 rings (SSSR count). The molecule has 0 aromatic heterocycles. The van der Waals surface area contributed by atoms with Crippen LogP contribution in [0.1, 0.15) is 67.2 Å². The molecule has 0 N–H and O–H groups in total. The quantitative estimate of drug-likeness (QED) is 0.470. The summed E-state index contributed by atoms with van der Waals surface area (Å²) in [7, 11) is 0. The maximum Gasteiger partial charge on any atom is 0.135 e. The molecule has 0 fully saturated rings. The minimum atomic E-state index is -0.667. The topological polar surface area (TPSA) is 52.6 Å². The normalized spacial score (nSPS) is 12.6. The summed E-state index contributed by atoms with van der Waals surface area (Å²) >= 11 is 0. The molecule has 0 saturated carbocycles. The zero-order chi connectivity index (χ0) is 14.4. The standard InChI is InChI=1S/C14H26O4/c1-7-11(15)9-13(3,4)17-18-14(5,6)10-12(16)8-2/h7-10H2,1-6H3. The van der Waals surface area contributed by atoms with E-state index in [2.05, 4.69) is 0 Å². The number of rotatable bonds is 9. The average molecular weight is 258 g/mol. The van der Waals surface area contributed by atoms with Gasteiger partial charge in [-0.1, -0.05) is 13.8 Å². The lowest BCUT2D eigenvalue weighted by atomic mass is 10.0. The van der Waals surface area contributed by atoms with Crippen molar-refractivity contribution in [2.24, 2.45) is 0 Å². The molecule has 0 aliphatic carbocycles. The summed E-state index contributed by atoms with van der Waals surface area (Å²) in [4.78, 5) is 33.5. The minimum absolute atomic E-state index is 0.131. The first-order valence-corrected chi connectivity index (χ1v) is 6.52. The third-order valence-corrected chi connectivity index (χ3v) is 2.53. The van der Waals surface area contributed by atoms with Gasteiger partial charge in [0.05, 0.1) is 0 Å². The molecule has 0 aliphatic heterocycles. The van der Waals surface area contributed by atoms with Crippen molar-refractivity contribution >= 4 is 11.6 Å². The number of hydrogen-bond donors (Lipinski definition) is 0. The molecule has 0 heterocycles. The SMILES string of the molecule is CCC(=O)CC(C)(C)OOC(C)(C)CC(=O)CC. The maximum atomic E-state index is 11.4. The van der Waals surface area contributed by atoms with Gasteiger partial charge < -0.3 is 0 Å². The van der Waals surface area contributed by atoms with Gasteiger partial charge in [0.2, 0.25) is 0 Å². The lowest BCUT2D eigenvalue weighted by molar-refractivity contribution is -0.399. The van der Waals surface area contributed by atoms with E-state index in [1.165, 1.54) is 0 Å². The summed E-state index contributed by atoms with van der Waals surface area (Å²) < 4.78 is 0. The second kappa shape index (κ2) is 7.00. The van der Waals surface area contributed by atoms with Crippen molar-refractivity contribution in [3.05, 3.63) is 0 Å². The van der Waals surface area contributed by atoms with E-state index in [0.29, 0.717) is 25.7 Å². The molecule has 0 aromatic rings. The van der Waals surface area contributed by atoms with E-state index in [9.17, 15) is 9.59 Å². The summed E-state index contributed by atoms with van der Waals surface area (Å²) in [6.45, 7) is 10.9. The smallest absolute Gasteiger partial charge is 0.135 e. The highest BCUT2D eigenvalue weighted by atomic mass is 17.2. The number of hydrogen-bond acceptors (Lipinski definition) is 4. The molecular weight excluding hydrogens is 232 g/mol. The Morgan fingerprint density at radius 2 is 1.06 bits per heavy atom. The lowest BCUT2D eigenvalue weighted by Gasteiger charge is -2.29. The van der Waals surface area contributed by atoms with Crippen LogP contribution in [0, 0.1) is 0 Å². The Kier molecular flexibility index (Phi) is 6.71. The van der Waals surface area contributed by atoms with Gasteiger partial charge in [0, 0.05) is 25.7 Å². The fraction of sp³-hybridized carbons (Fsp3) is 0.857. The van der Waals surface area contributed by atoms with Gasteiger partial charge in [0.1, 0.15) is 22.8 Å². The molecule has 4 nitrogen and oxygen atoms in total. The lowest BCUT2D eigenvalue weighted by Crippen LogP contribution is -2.35. The van der Waals surface area contributed by atoms with Crippen molar-refractivity contribution in [3.8, 4) is 0 Å². The van der Waals surface area contributed by atoms with Crippen LogP contribution in [0.2, 0.25) is 0 Å². The Hall–Kier alpha value is -0.740. The highest BCUT2D eigenvalue weighted by Gasteiger charge is 2.29. The molecule has 0 bridgehead atoms. The van der Waals surface area contributed by atoms with Crippen LogP contribution in [-0.2, 0) is 19.4 Å². The van der Waals surface area contributed by atoms with Crippen molar-refractivity contribution in [1.29, 1.82) is 0 Å². The number of carbonyl (C=O) groups excluding carboxylic acids is 2. The zero-order valence-corrected chi connectivity index (χ0v) is 12.5. The monoisotopic (exact) mass is 258 g/mol. The molecule has 106 valence electrons. The highest BCUT2D eigenvalue weighted by molar-refractivity contribution is 5.79. The van der Waals surface area contributed by atoms with Crippen LogP contribution in [0.5, 0.6) is 0 Å². The molecule has 0 atom stereocenters. The Labute approximate surface area is 110 Å². The Bertz CT molecular complexity index is 262. The summed E-state index contributed by atoms with van der Waals surface area (Å²) in [5, 5.41) is 0. The second-order valence-corrected chi connectivity index (χ2v) is 5.82. The van der Waals surface area contributed by atoms with Gasteiger partial charge in [0.25, 0.3) is 0 Å². The molecular formula is C14H26O4. The number of ketones is 2. The Morgan fingerprint density at radius 3 is 1.28 bits per heavy atom. The summed E-state index contributed by atoms with van der Waals surface area (Å²) in [5.74, 6) is 0.261. The number of carbonyl (C=O) groups is 2. The van der Waals surface area contributed by atoms with Crippen LogP contribution in [0.3, 0.4) is 0 Å². The van der Waals surface area contributed by atoms with Gasteiger partial charge >= 0.3 is 0 Å². The van der Waals surface area contributed by atoms with Gasteiger partial charge in [-0.2, -0.15) is 0 Å². The van der Waals surface area contributed by atoms with Crippen LogP contribution in [0.15, 0.2) is 0 Å². The van der Waals surface area contributed by atoms with Crippen LogP contribution in [0.25, 0.3) is 0 Å². The van der Waals surface area contributed by atoms with Gasteiger partial charge in [-0.15, -0.1) is 0 Å². The van der Waals surface area contributed by atoms with E-state index in [1.807, 2.05) is 13.8 Å². The van der Waals surface area contributed by atoms with Crippen LogP contribution in [0.4, 0.5) is 0 Å². The zero-order valence-electron chi connectivity index (χ0n) is 12.5. The average Bonchev–Trinajstić information content (AvgIpc) is 2.25. The summed E-state index contributed by atoms with van der Waals surface area (Å²) in [6, 6.07) is 0. The molecule has 0 aromatic carbocycles. The molecule has 0 spiro atoms. The largest absolute Gasteiger partial charge is 0.300 e. The van der Waals surface area contributed by atoms with Gasteiger partial charge in [-0.3, -0.25) is 9.59 Å². The van der Waals surface area contributed by atoms with Crippen molar-refractivity contribution in [3.63, 3.8) is 0 Å². The first kappa shape index (κ1) is 17.3. The highest BCUT2D eigenvalue weighted by Crippen LogP contribution is 2.23. The molecule has 18 heavy (non-hydrogen) atoms.